The van der Waals surface area contributed by atoms with Crippen molar-refractivity contribution in [1.29, 1.82) is 0 Å². The van der Waals surface area contributed by atoms with Crippen LogP contribution in [0.25, 0.3) is 0 Å². The molecule has 1 aromatic carbocycles. The highest BCUT2D eigenvalue weighted by Gasteiger charge is 2.31. The Balaban J connectivity index is 2.10. The summed E-state index contributed by atoms with van der Waals surface area (Å²) < 4.78 is 37.5. The van der Waals surface area contributed by atoms with Crippen LogP contribution in [0.2, 0.25) is 0 Å². The number of halogens is 3. The van der Waals surface area contributed by atoms with E-state index in [2.05, 4.69) is 0 Å². The molecule has 0 atom stereocenters. The summed E-state index contributed by atoms with van der Waals surface area (Å²) in [5.74, 6) is -0.247. The molecule has 98 valence electrons. The standard InChI is InChI=1S/C13H14F3NO/c14-13(15,16)11-5-3-4-10(8-11)12(18)9-17-6-1-2-7-17/h3-5,8H,1-2,6-7,9H2. The maximum absolute atomic E-state index is 12.5. The molecule has 1 aliphatic rings. The van der Waals surface area contributed by atoms with E-state index >= 15 is 0 Å². The molecule has 0 bridgehead atoms. The van der Waals surface area contributed by atoms with E-state index in [1.54, 1.807) is 0 Å². The van der Waals surface area contributed by atoms with Gasteiger partial charge in [0.15, 0.2) is 5.78 Å². The van der Waals surface area contributed by atoms with Crippen molar-refractivity contribution in [1.82, 2.24) is 4.90 Å². The van der Waals surface area contributed by atoms with Crippen molar-refractivity contribution in [3.63, 3.8) is 0 Å². The molecule has 2 nitrogen and oxygen atoms in total. The number of benzene rings is 1. The third-order valence-electron chi connectivity index (χ3n) is 3.08. The highest BCUT2D eigenvalue weighted by molar-refractivity contribution is 5.97. The molecule has 1 aliphatic heterocycles. The quantitative estimate of drug-likeness (QED) is 0.776. The van der Waals surface area contributed by atoms with Crippen LogP contribution in [0.15, 0.2) is 24.3 Å². The van der Waals surface area contributed by atoms with Crippen molar-refractivity contribution in [3.05, 3.63) is 35.4 Å². The SMILES string of the molecule is O=C(CN1CCCC1)c1cccc(C(F)(F)F)c1. The summed E-state index contributed by atoms with van der Waals surface area (Å²) in [4.78, 5) is 13.8. The maximum atomic E-state index is 12.5. The van der Waals surface area contributed by atoms with Crippen LogP contribution in [0.1, 0.15) is 28.8 Å². The highest BCUT2D eigenvalue weighted by atomic mass is 19.4. The van der Waals surface area contributed by atoms with Crippen molar-refractivity contribution >= 4 is 5.78 Å². The Kier molecular flexibility index (Phi) is 3.71. The zero-order chi connectivity index (χ0) is 13.2. The van der Waals surface area contributed by atoms with Crippen LogP contribution in [-0.4, -0.2) is 30.3 Å². The first-order chi connectivity index (χ1) is 8.47. The third kappa shape index (κ3) is 3.10. The van der Waals surface area contributed by atoms with E-state index in [9.17, 15) is 18.0 Å². The van der Waals surface area contributed by atoms with Crippen molar-refractivity contribution in [2.45, 2.75) is 19.0 Å². The molecule has 1 fully saturated rings. The zero-order valence-corrected chi connectivity index (χ0v) is 9.83. The number of ketones is 1. The van der Waals surface area contributed by atoms with Crippen LogP contribution in [0.4, 0.5) is 13.2 Å². The maximum Gasteiger partial charge on any atom is 0.416 e. The van der Waals surface area contributed by atoms with E-state index in [4.69, 9.17) is 0 Å². The Labute approximate surface area is 103 Å². The van der Waals surface area contributed by atoms with Gasteiger partial charge in [-0.3, -0.25) is 9.69 Å². The van der Waals surface area contributed by atoms with Crippen molar-refractivity contribution in [3.8, 4) is 0 Å². The first-order valence-corrected chi connectivity index (χ1v) is 5.89. The topological polar surface area (TPSA) is 20.3 Å². The van der Waals surface area contributed by atoms with Crippen molar-refractivity contribution in [2.75, 3.05) is 19.6 Å². The number of nitrogens with zero attached hydrogens (tertiary/aromatic N) is 1. The second-order valence-electron chi connectivity index (χ2n) is 4.48. The third-order valence-corrected chi connectivity index (χ3v) is 3.08. The van der Waals surface area contributed by atoms with Gasteiger partial charge in [0.25, 0.3) is 0 Å². The number of Topliss-reactive ketones (excluding diaryl/α,β-unsaturated/α-hetero) is 1. The summed E-state index contributed by atoms with van der Waals surface area (Å²) in [6, 6.07) is 4.62. The Hall–Kier alpha value is -1.36. The number of rotatable bonds is 3. The van der Waals surface area contributed by atoms with Gasteiger partial charge in [0, 0.05) is 5.56 Å². The van der Waals surface area contributed by atoms with Gasteiger partial charge in [0.05, 0.1) is 12.1 Å². The lowest BCUT2D eigenvalue weighted by atomic mass is 10.1. The van der Waals surface area contributed by atoms with Gasteiger partial charge in [-0.25, -0.2) is 0 Å². The van der Waals surface area contributed by atoms with Gasteiger partial charge in [-0.05, 0) is 38.1 Å². The fourth-order valence-electron chi connectivity index (χ4n) is 2.10. The zero-order valence-electron chi connectivity index (χ0n) is 9.83. The molecule has 2 rings (SSSR count). The molecule has 1 saturated heterocycles. The summed E-state index contributed by atoms with van der Waals surface area (Å²) in [6.45, 7) is 1.91. The second-order valence-corrected chi connectivity index (χ2v) is 4.48. The Morgan fingerprint density at radius 2 is 1.89 bits per heavy atom. The van der Waals surface area contributed by atoms with Gasteiger partial charge in [-0.2, -0.15) is 13.2 Å². The lowest BCUT2D eigenvalue weighted by Gasteiger charge is -2.14. The molecule has 0 aliphatic carbocycles. The van der Waals surface area contributed by atoms with E-state index in [0.717, 1.165) is 38.1 Å². The number of carbonyl (C=O) groups excluding carboxylic acids is 1. The summed E-state index contributed by atoms with van der Waals surface area (Å²) >= 11 is 0. The van der Waals surface area contributed by atoms with Crippen LogP contribution >= 0.6 is 0 Å². The van der Waals surface area contributed by atoms with Gasteiger partial charge in [-0.15, -0.1) is 0 Å². The summed E-state index contributed by atoms with van der Waals surface area (Å²) in [7, 11) is 0. The smallest absolute Gasteiger partial charge is 0.296 e. The first kappa shape index (κ1) is 13.1. The second kappa shape index (κ2) is 5.10. The molecule has 0 spiro atoms. The Bertz CT molecular complexity index is 436. The predicted octanol–water partition coefficient (Wildman–Crippen LogP) is 2.98. The molecule has 0 N–H and O–H groups in total. The lowest BCUT2D eigenvalue weighted by Crippen LogP contribution is -2.27. The fraction of sp³-hybridized carbons (Fsp3) is 0.462. The number of hydrogen-bond donors (Lipinski definition) is 0. The number of carbonyl (C=O) groups is 1. The largest absolute Gasteiger partial charge is 0.416 e. The average Bonchev–Trinajstić information content (AvgIpc) is 2.81. The molecule has 0 aromatic heterocycles. The fourth-order valence-corrected chi connectivity index (χ4v) is 2.10. The van der Waals surface area contributed by atoms with Gasteiger partial charge >= 0.3 is 6.18 Å². The lowest BCUT2D eigenvalue weighted by molar-refractivity contribution is -0.137. The van der Waals surface area contributed by atoms with Crippen LogP contribution < -0.4 is 0 Å². The normalized spacial score (nSPS) is 17.1. The van der Waals surface area contributed by atoms with Gasteiger partial charge in [0.1, 0.15) is 0 Å². The van der Waals surface area contributed by atoms with Crippen molar-refractivity contribution < 1.29 is 18.0 Å². The summed E-state index contributed by atoms with van der Waals surface area (Å²) in [6.07, 6.45) is -2.30. The summed E-state index contributed by atoms with van der Waals surface area (Å²) in [5, 5.41) is 0. The van der Waals surface area contributed by atoms with E-state index in [1.807, 2.05) is 4.90 Å². The molecule has 0 unspecified atom stereocenters. The summed E-state index contributed by atoms with van der Waals surface area (Å²) in [5.41, 5.74) is -0.633. The molecule has 0 saturated carbocycles. The average molecular weight is 257 g/mol. The number of alkyl halides is 3. The monoisotopic (exact) mass is 257 g/mol. The van der Waals surface area contributed by atoms with Gasteiger partial charge in [0.2, 0.25) is 0 Å². The molecule has 18 heavy (non-hydrogen) atoms. The van der Waals surface area contributed by atoms with Crippen LogP contribution in [-0.2, 0) is 6.18 Å². The molecular formula is C13H14F3NO. The first-order valence-electron chi connectivity index (χ1n) is 5.89. The van der Waals surface area contributed by atoms with Crippen LogP contribution in [0.5, 0.6) is 0 Å². The molecule has 0 radical (unpaired) electrons. The van der Waals surface area contributed by atoms with Gasteiger partial charge < -0.3 is 0 Å². The minimum absolute atomic E-state index is 0.136. The van der Waals surface area contributed by atoms with Crippen LogP contribution in [0.3, 0.4) is 0 Å². The minimum atomic E-state index is -4.40. The molecule has 1 aromatic rings. The Morgan fingerprint density at radius 1 is 1.22 bits per heavy atom. The van der Waals surface area contributed by atoms with Gasteiger partial charge in [-0.1, -0.05) is 12.1 Å². The predicted molar refractivity (Wildman–Crippen MR) is 61.4 cm³/mol. The van der Waals surface area contributed by atoms with Crippen molar-refractivity contribution in [2.24, 2.45) is 0 Å². The molecular weight excluding hydrogens is 243 g/mol. The van der Waals surface area contributed by atoms with E-state index in [1.165, 1.54) is 12.1 Å². The van der Waals surface area contributed by atoms with Crippen LogP contribution in [0, 0.1) is 0 Å². The van der Waals surface area contributed by atoms with E-state index in [-0.39, 0.29) is 17.9 Å². The van der Waals surface area contributed by atoms with E-state index < -0.39 is 11.7 Å². The molecule has 0 amide bonds. The number of hydrogen-bond acceptors (Lipinski definition) is 2. The molecule has 5 heteroatoms. The highest BCUT2D eigenvalue weighted by Crippen LogP contribution is 2.29. The van der Waals surface area contributed by atoms with E-state index in [0.29, 0.717) is 0 Å². The minimum Gasteiger partial charge on any atom is -0.296 e. The Morgan fingerprint density at radius 3 is 2.50 bits per heavy atom. The number of likely N-dealkylation sites (tertiary alicyclic amines) is 1. The molecule has 1 heterocycles.